The van der Waals surface area contributed by atoms with E-state index < -0.39 is 11.2 Å². The van der Waals surface area contributed by atoms with Gasteiger partial charge in [-0.15, -0.1) is 5.10 Å². The number of hydrogen-bond donors (Lipinski definition) is 3. The van der Waals surface area contributed by atoms with Gasteiger partial charge in [-0.2, -0.15) is 0 Å². The van der Waals surface area contributed by atoms with Crippen LogP contribution < -0.4 is 5.73 Å². The Balaban J connectivity index is 2.61. The van der Waals surface area contributed by atoms with E-state index in [1.54, 1.807) is 6.92 Å². The molecular weight excluding hydrogens is 192 g/mol. The van der Waals surface area contributed by atoms with E-state index in [9.17, 15) is 4.79 Å². The third-order valence-electron chi connectivity index (χ3n) is 1.31. The van der Waals surface area contributed by atoms with Crippen LogP contribution in [0.5, 0.6) is 0 Å². The molecule has 0 aliphatic carbocycles. The Morgan fingerprint density at radius 2 is 2.54 bits per heavy atom. The molecule has 0 aromatic carbocycles. The fraction of sp³-hybridized carbons (Fsp3) is 0.500. The van der Waals surface area contributed by atoms with Gasteiger partial charge in [0.1, 0.15) is 11.1 Å². The van der Waals surface area contributed by atoms with Crippen LogP contribution in [0.3, 0.4) is 0 Å². The number of thioether (sulfide) groups is 1. The van der Waals surface area contributed by atoms with Crippen molar-refractivity contribution in [1.29, 1.82) is 0 Å². The Kier molecular flexibility index (Phi) is 3.26. The lowest BCUT2D eigenvalue weighted by Crippen LogP contribution is -2.25. The number of nitrogens with two attached hydrogens (primary N) is 1. The number of aromatic amines is 1. The van der Waals surface area contributed by atoms with E-state index in [2.05, 4.69) is 15.2 Å². The molecule has 0 fully saturated rings. The van der Waals surface area contributed by atoms with E-state index >= 15 is 0 Å². The molecule has 1 unspecified atom stereocenters. The van der Waals surface area contributed by atoms with Crippen molar-refractivity contribution in [2.75, 3.05) is 6.54 Å². The van der Waals surface area contributed by atoms with Gasteiger partial charge in [0.2, 0.25) is 5.16 Å². The summed E-state index contributed by atoms with van der Waals surface area (Å²) < 4.78 is 0. The van der Waals surface area contributed by atoms with Crippen LogP contribution in [-0.2, 0) is 4.79 Å². The number of aryl methyl sites for hydroxylation is 1. The molecule has 72 valence electrons. The molecule has 1 aromatic rings. The highest BCUT2D eigenvalue weighted by atomic mass is 32.2. The molecule has 1 rings (SSSR count). The van der Waals surface area contributed by atoms with Crippen LogP contribution in [0.4, 0.5) is 0 Å². The second-order valence-electron chi connectivity index (χ2n) is 2.38. The summed E-state index contributed by atoms with van der Waals surface area (Å²) in [4.78, 5) is 14.5. The predicted octanol–water partition coefficient (Wildman–Crippen LogP) is -0.383. The Morgan fingerprint density at radius 3 is 2.92 bits per heavy atom. The van der Waals surface area contributed by atoms with Crippen molar-refractivity contribution in [1.82, 2.24) is 15.2 Å². The molecule has 1 aromatic heterocycles. The second kappa shape index (κ2) is 4.24. The van der Waals surface area contributed by atoms with Crippen LogP contribution in [0.25, 0.3) is 0 Å². The number of hydrogen-bond acceptors (Lipinski definition) is 5. The van der Waals surface area contributed by atoms with Gasteiger partial charge in [0.05, 0.1) is 0 Å². The maximum Gasteiger partial charge on any atom is 0.318 e. The summed E-state index contributed by atoms with van der Waals surface area (Å²) in [7, 11) is 0. The zero-order valence-corrected chi connectivity index (χ0v) is 7.84. The zero-order valence-electron chi connectivity index (χ0n) is 7.02. The summed E-state index contributed by atoms with van der Waals surface area (Å²) >= 11 is 1.04. The van der Waals surface area contributed by atoms with Crippen molar-refractivity contribution in [3.05, 3.63) is 5.82 Å². The number of nitrogens with one attached hydrogen (secondary N) is 1. The number of carbonyl (C=O) groups is 1. The lowest BCUT2D eigenvalue weighted by Gasteiger charge is -2.04. The molecular formula is C6H10N4O2S. The highest BCUT2D eigenvalue weighted by Gasteiger charge is 2.18. The molecule has 1 heterocycles. The first-order valence-electron chi connectivity index (χ1n) is 3.62. The summed E-state index contributed by atoms with van der Waals surface area (Å²) in [6, 6.07) is 0. The Labute approximate surface area is 78.9 Å². The average molecular weight is 202 g/mol. The van der Waals surface area contributed by atoms with Crippen molar-refractivity contribution in [3.63, 3.8) is 0 Å². The van der Waals surface area contributed by atoms with Crippen molar-refractivity contribution >= 4 is 17.7 Å². The number of H-pyrrole nitrogens is 1. The lowest BCUT2D eigenvalue weighted by molar-refractivity contribution is -0.136. The number of aliphatic carboxylic acids is 1. The zero-order chi connectivity index (χ0) is 9.84. The summed E-state index contributed by atoms with van der Waals surface area (Å²) in [5.41, 5.74) is 5.26. The minimum atomic E-state index is -0.949. The molecule has 0 saturated carbocycles. The van der Waals surface area contributed by atoms with Crippen LogP contribution in [0, 0.1) is 6.92 Å². The standard InChI is InChI=1S/C6H10N4O2S/c1-3-8-6(10-9-3)13-4(2-7)5(11)12/h4H,2,7H2,1H3,(H,11,12)(H,8,9,10). The van der Waals surface area contributed by atoms with E-state index in [0.717, 1.165) is 11.8 Å². The van der Waals surface area contributed by atoms with Crippen LogP contribution in [0.15, 0.2) is 5.16 Å². The molecule has 6 nitrogen and oxygen atoms in total. The molecule has 0 aliphatic rings. The molecule has 0 saturated heterocycles. The van der Waals surface area contributed by atoms with Crippen molar-refractivity contribution in [2.45, 2.75) is 17.3 Å². The Morgan fingerprint density at radius 1 is 1.85 bits per heavy atom. The number of aromatic nitrogens is 3. The second-order valence-corrected chi connectivity index (χ2v) is 3.55. The SMILES string of the molecule is Cc1nc(SC(CN)C(=O)O)n[nH]1. The van der Waals surface area contributed by atoms with E-state index in [1.807, 2.05) is 0 Å². The third-order valence-corrected chi connectivity index (χ3v) is 2.39. The van der Waals surface area contributed by atoms with Crippen molar-refractivity contribution in [2.24, 2.45) is 5.73 Å². The maximum absolute atomic E-state index is 10.6. The fourth-order valence-electron chi connectivity index (χ4n) is 0.701. The monoisotopic (exact) mass is 202 g/mol. The predicted molar refractivity (Wildman–Crippen MR) is 47.5 cm³/mol. The van der Waals surface area contributed by atoms with Gasteiger partial charge in [0.15, 0.2) is 0 Å². The van der Waals surface area contributed by atoms with Gasteiger partial charge in [0, 0.05) is 6.54 Å². The minimum absolute atomic E-state index is 0.0631. The molecule has 13 heavy (non-hydrogen) atoms. The minimum Gasteiger partial charge on any atom is -0.480 e. The van der Waals surface area contributed by atoms with Crippen LogP contribution in [0.1, 0.15) is 5.82 Å². The smallest absolute Gasteiger partial charge is 0.318 e. The molecule has 0 radical (unpaired) electrons. The normalized spacial score (nSPS) is 12.8. The molecule has 4 N–H and O–H groups in total. The van der Waals surface area contributed by atoms with Gasteiger partial charge in [-0.1, -0.05) is 11.8 Å². The highest BCUT2D eigenvalue weighted by molar-refractivity contribution is 8.00. The van der Waals surface area contributed by atoms with Crippen molar-refractivity contribution in [3.8, 4) is 0 Å². The largest absolute Gasteiger partial charge is 0.480 e. The average Bonchev–Trinajstić information content (AvgIpc) is 2.46. The number of rotatable bonds is 4. The quantitative estimate of drug-likeness (QED) is 0.575. The maximum atomic E-state index is 10.6. The number of carboxylic acids is 1. The topological polar surface area (TPSA) is 105 Å². The first-order chi connectivity index (χ1) is 6.13. The molecule has 0 aliphatic heterocycles. The Bertz CT molecular complexity index is 301. The molecule has 0 amide bonds. The van der Waals surface area contributed by atoms with Gasteiger partial charge < -0.3 is 10.8 Å². The number of nitrogens with zero attached hydrogens (tertiary/aromatic N) is 2. The van der Waals surface area contributed by atoms with E-state index in [4.69, 9.17) is 10.8 Å². The van der Waals surface area contributed by atoms with Gasteiger partial charge >= 0.3 is 5.97 Å². The lowest BCUT2D eigenvalue weighted by atomic mass is 10.4. The van der Waals surface area contributed by atoms with Crippen LogP contribution >= 0.6 is 11.8 Å². The van der Waals surface area contributed by atoms with Crippen LogP contribution in [0.2, 0.25) is 0 Å². The molecule has 0 spiro atoms. The van der Waals surface area contributed by atoms with Gasteiger partial charge in [-0.25, -0.2) is 4.98 Å². The van der Waals surface area contributed by atoms with E-state index in [-0.39, 0.29) is 6.54 Å². The Hall–Kier alpha value is -1.08. The van der Waals surface area contributed by atoms with E-state index in [1.165, 1.54) is 0 Å². The summed E-state index contributed by atoms with van der Waals surface area (Å²) in [5, 5.41) is 14.8. The van der Waals surface area contributed by atoms with E-state index in [0.29, 0.717) is 11.0 Å². The number of carboxylic acid groups (broad SMARTS) is 1. The summed E-state index contributed by atoms with van der Waals surface area (Å²) in [6.07, 6.45) is 0. The van der Waals surface area contributed by atoms with Crippen molar-refractivity contribution < 1.29 is 9.90 Å². The molecule has 1 atom stereocenters. The molecule has 7 heteroatoms. The fourth-order valence-corrected chi connectivity index (χ4v) is 1.44. The third kappa shape index (κ3) is 2.71. The van der Waals surface area contributed by atoms with Gasteiger partial charge in [0.25, 0.3) is 0 Å². The first kappa shape index (κ1) is 10.0. The summed E-state index contributed by atoms with van der Waals surface area (Å²) in [5.74, 6) is -0.293. The highest BCUT2D eigenvalue weighted by Crippen LogP contribution is 2.18. The van der Waals surface area contributed by atoms with Crippen LogP contribution in [-0.4, -0.2) is 38.1 Å². The molecule has 0 bridgehead atoms. The summed E-state index contributed by atoms with van der Waals surface area (Å²) in [6.45, 7) is 1.81. The first-order valence-corrected chi connectivity index (χ1v) is 4.50. The van der Waals surface area contributed by atoms with Gasteiger partial charge in [-0.05, 0) is 6.92 Å². The van der Waals surface area contributed by atoms with Gasteiger partial charge in [-0.3, -0.25) is 9.89 Å².